The minimum atomic E-state index is -0.354. The molecule has 0 aliphatic heterocycles. The second-order valence-corrected chi connectivity index (χ2v) is 4.82. The van der Waals surface area contributed by atoms with Crippen molar-refractivity contribution >= 4 is 34.8 Å². The van der Waals surface area contributed by atoms with Gasteiger partial charge in [0, 0.05) is 21.8 Å². The molecule has 1 aromatic heterocycles. The van der Waals surface area contributed by atoms with Gasteiger partial charge in [-0.2, -0.15) is 5.10 Å². The summed E-state index contributed by atoms with van der Waals surface area (Å²) >= 11 is 5.75. The average molecular weight is 317 g/mol. The highest BCUT2D eigenvalue weighted by atomic mass is 35.5. The zero-order valence-corrected chi connectivity index (χ0v) is 11.8. The minimum Gasteiger partial charge on any atom is -0.359 e. The van der Waals surface area contributed by atoms with E-state index in [1.165, 1.54) is 6.21 Å². The van der Waals surface area contributed by atoms with Gasteiger partial charge in [-0.3, -0.25) is 9.42 Å². The molecule has 0 radical (unpaired) electrons. The topological polar surface area (TPSA) is 94.4 Å². The number of hydrogen-bond donors (Lipinski definition) is 1. The Morgan fingerprint density at radius 1 is 1.32 bits per heavy atom. The van der Waals surface area contributed by atoms with Crippen LogP contribution in [0.4, 0.5) is 0 Å². The third kappa shape index (κ3) is 2.89. The van der Waals surface area contributed by atoms with Crippen LogP contribution < -0.4 is 10.3 Å². The van der Waals surface area contributed by atoms with Gasteiger partial charge in [-0.05, 0) is 46.9 Å². The number of carbonyl (C=O) groups excluding carboxylic acids is 1. The monoisotopic (exact) mass is 316 g/mol. The van der Waals surface area contributed by atoms with E-state index in [-0.39, 0.29) is 5.91 Å². The molecule has 0 spiro atoms. The van der Waals surface area contributed by atoms with Crippen LogP contribution in [0.15, 0.2) is 52.2 Å². The Morgan fingerprint density at radius 3 is 2.86 bits per heavy atom. The fraction of sp³-hybridized carbons (Fsp3) is 0. The number of hydrogen-bond acceptors (Lipinski definition) is 5. The van der Waals surface area contributed by atoms with Crippen LogP contribution >= 0.6 is 11.6 Å². The van der Waals surface area contributed by atoms with Crippen LogP contribution in [0, 0.1) is 5.21 Å². The number of hydrazone groups is 1. The number of carbonyl (C=O) groups is 1. The van der Waals surface area contributed by atoms with E-state index in [1.807, 2.05) is 0 Å². The van der Waals surface area contributed by atoms with Gasteiger partial charge in [0.2, 0.25) is 11.0 Å². The lowest BCUT2D eigenvalue weighted by atomic mass is 10.2. The van der Waals surface area contributed by atoms with Crippen LogP contribution in [-0.4, -0.2) is 17.3 Å². The van der Waals surface area contributed by atoms with Crippen LogP contribution in [0.1, 0.15) is 15.9 Å². The fourth-order valence-corrected chi connectivity index (χ4v) is 1.93. The lowest BCUT2D eigenvalue weighted by Crippen LogP contribution is -2.22. The molecule has 1 heterocycles. The van der Waals surface area contributed by atoms with Crippen molar-refractivity contribution < 1.29 is 14.3 Å². The Morgan fingerprint density at radius 2 is 2.09 bits per heavy atom. The summed E-state index contributed by atoms with van der Waals surface area (Å²) in [5.74, 6) is -0.354. The molecule has 0 aliphatic rings. The number of amides is 1. The Balaban J connectivity index is 1.70. The molecule has 2 aromatic carbocycles. The minimum absolute atomic E-state index is 0.318. The lowest BCUT2D eigenvalue weighted by molar-refractivity contribution is -0.782. The zero-order chi connectivity index (χ0) is 15.5. The van der Waals surface area contributed by atoms with Crippen LogP contribution in [0.2, 0.25) is 5.02 Å². The maximum absolute atomic E-state index is 11.8. The Kier molecular flexibility index (Phi) is 3.71. The molecule has 22 heavy (non-hydrogen) atoms. The summed E-state index contributed by atoms with van der Waals surface area (Å²) in [6.45, 7) is 0. The summed E-state index contributed by atoms with van der Waals surface area (Å²) in [6, 6.07) is 11.3. The van der Waals surface area contributed by atoms with Crippen molar-refractivity contribution in [3.05, 3.63) is 63.8 Å². The fourth-order valence-electron chi connectivity index (χ4n) is 1.80. The second kappa shape index (κ2) is 5.82. The van der Waals surface area contributed by atoms with E-state index in [1.54, 1.807) is 42.5 Å². The lowest BCUT2D eigenvalue weighted by Gasteiger charge is -1.99. The smallest absolute Gasteiger partial charge is 0.271 e. The van der Waals surface area contributed by atoms with Gasteiger partial charge in [0.05, 0.1) is 6.21 Å². The number of rotatable bonds is 3. The highest BCUT2D eigenvalue weighted by Gasteiger charge is 2.08. The summed E-state index contributed by atoms with van der Waals surface area (Å²) in [5, 5.41) is 19.2. The van der Waals surface area contributed by atoms with Crippen molar-refractivity contribution in [2.75, 3.05) is 0 Å². The average Bonchev–Trinajstić information content (AvgIpc) is 2.89. The standard InChI is InChI=1S/C14H9ClN4O3/c15-11-4-2-10(3-5-11)14(20)17-16-8-9-1-6-13-12(7-9)18-22-19(13)21/h1-8H,(H,17,20)/b16-8+. The molecule has 0 aliphatic carbocycles. The van der Waals surface area contributed by atoms with E-state index in [0.29, 0.717) is 32.1 Å². The number of nitrogens with zero attached hydrogens (tertiary/aromatic N) is 3. The molecule has 0 bridgehead atoms. The number of halogens is 1. The van der Waals surface area contributed by atoms with Gasteiger partial charge < -0.3 is 5.21 Å². The predicted octanol–water partition coefficient (Wildman–Crippen LogP) is 1.88. The third-order valence-electron chi connectivity index (χ3n) is 2.90. The Labute approximate surface area is 129 Å². The number of aromatic nitrogens is 2. The molecule has 3 aromatic rings. The predicted molar refractivity (Wildman–Crippen MR) is 79.5 cm³/mol. The number of nitrogens with one attached hydrogen (secondary N) is 1. The molecular formula is C14H9ClN4O3. The highest BCUT2D eigenvalue weighted by Crippen LogP contribution is 2.10. The molecule has 0 fully saturated rings. The molecule has 0 unspecified atom stereocenters. The van der Waals surface area contributed by atoms with E-state index in [0.717, 1.165) is 0 Å². The Bertz CT molecular complexity index is 858. The number of fused-ring (bicyclic) bond motifs is 1. The summed E-state index contributed by atoms with van der Waals surface area (Å²) in [4.78, 5) is 12.1. The van der Waals surface area contributed by atoms with E-state index >= 15 is 0 Å². The summed E-state index contributed by atoms with van der Waals surface area (Å²) < 4.78 is 4.47. The van der Waals surface area contributed by atoms with Gasteiger partial charge >= 0.3 is 0 Å². The molecule has 1 N–H and O–H groups in total. The molecule has 0 atom stereocenters. The summed E-state index contributed by atoms with van der Waals surface area (Å²) in [7, 11) is 0. The Hall–Kier alpha value is -2.93. The van der Waals surface area contributed by atoms with Gasteiger partial charge in [-0.15, -0.1) is 0 Å². The number of benzene rings is 2. The van der Waals surface area contributed by atoms with E-state index in [9.17, 15) is 10.0 Å². The van der Waals surface area contributed by atoms with Gasteiger partial charge in [0.15, 0.2) is 0 Å². The summed E-state index contributed by atoms with van der Waals surface area (Å²) in [5.41, 5.74) is 4.23. The molecule has 3 rings (SSSR count). The van der Waals surface area contributed by atoms with Crippen molar-refractivity contribution in [3.8, 4) is 0 Å². The molecule has 0 saturated carbocycles. The van der Waals surface area contributed by atoms with Crippen LogP contribution in [0.5, 0.6) is 0 Å². The normalized spacial score (nSPS) is 11.1. The largest absolute Gasteiger partial charge is 0.359 e. The van der Waals surface area contributed by atoms with Crippen molar-refractivity contribution in [2.24, 2.45) is 5.10 Å². The van der Waals surface area contributed by atoms with Crippen molar-refractivity contribution in [1.82, 2.24) is 10.6 Å². The van der Waals surface area contributed by atoms with E-state index in [2.05, 4.69) is 20.3 Å². The van der Waals surface area contributed by atoms with Crippen LogP contribution in [-0.2, 0) is 0 Å². The molecule has 7 nitrogen and oxygen atoms in total. The van der Waals surface area contributed by atoms with E-state index in [4.69, 9.17) is 11.6 Å². The van der Waals surface area contributed by atoms with Gasteiger partial charge in [0.25, 0.3) is 5.91 Å². The van der Waals surface area contributed by atoms with Crippen LogP contribution in [0.3, 0.4) is 0 Å². The molecule has 1 amide bonds. The molecule has 0 saturated heterocycles. The van der Waals surface area contributed by atoms with Gasteiger partial charge in [-0.25, -0.2) is 5.43 Å². The van der Waals surface area contributed by atoms with Gasteiger partial charge in [-0.1, -0.05) is 11.6 Å². The first kappa shape index (κ1) is 14.0. The first-order valence-corrected chi connectivity index (χ1v) is 6.60. The first-order valence-electron chi connectivity index (χ1n) is 6.22. The maximum atomic E-state index is 11.8. The van der Waals surface area contributed by atoms with Crippen molar-refractivity contribution in [1.29, 1.82) is 0 Å². The third-order valence-corrected chi connectivity index (χ3v) is 3.15. The maximum Gasteiger partial charge on any atom is 0.271 e. The zero-order valence-electron chi connectivity index (χ0n) is 11.1. The second-order valence-electron chi connectivity index (χ2n) is 4.38. The first-order chi connectivity index (χ1) is 10.6. The van der Waals surface area contributed by atoms with Gasteiger partial charge in [0.1, 0.15) is 0 Å². The van der Waals surface area contributed by atoms with Crippen molar-refractivity contribution in [3.63, 3.8) is 0 Å². The van der Waals surface area contributed by atoms with Crippen LogP contribution in [0.25, 0.3) is 11.0 Å². The SMILES string of the molecule is O=C(N/N=C/c1ccc2c(c1)no[n+]2[O-])c1ccc(Cl)cc1. The molecular weight excluding hydrogens is 308 g/mol. The van der Waals surface area contributed by atoms with E-state index < -0.39 is 0 Å². The van der Waals surface area contributed by atoms with Crippen molar-refractivity contribution in [2.45, 2.75) is 0 Å². The quantitative estimate of drug-likeness (QED) is 0.453. The molecule has 110 valence electrons. The highest BCUT2D eigenvalue weighted by molar-refractivity contribution is 6.30. The molecule has 8 heteroatoms. The summed E-state index contributed by atoms with van der Waals surface area (Å²) in [6.07, 6.45) is 1.44.